The van der Waals surface area contributed by atoms with Gasteiger partial charge in [0.05, 0.1) is 12.2 Å². The minimum atomic E-state index is 0.406. The molecule has 1 saturated heterocycles. The van der Waals surface area contributed by atoms with Crippen molar-refractivity contribution < 1.29 is 4.74 Å². The lowest BCUT2D eigenvalue weighted by Crippen LogP contribution is -2.44. The molecule has 0 amide bonds. The van der Waals surface area contributed by atoms with E-state index in [0.29, 0.717) is 24.3 Å². The predicted molar refractivity (Wildman–Crippen MR) is 73.4 cm³/mol. The van der Waals surface area contributed by atoms with Crippen LogP contribution in [0.1, 0.15) is 47.0 Å². The lowest BCUT2D eigenvalue weighted by molar-refractivity contribution is -0.0422. The molecule has 17 heavy (non-hydrogen) atoms. The lowest BCUT2D eigenvalue weighted by atomic mass is 10.00. The van der Waals surface area contributed by atoms with E-state index in [1.165, 1.54) is 6.42 Å². The van der Waals surface area contributed by atoms with Crippen molar-refractivity contribution in [2.45, 2.75) is 71.2 Å². The molecule has 102 valence electrons. The number of likely N-dealkylation sites (N-methyl/N-ethyl adjacent to an activating group) is 1. The molecule has 1 aliphatic rings. The van der Waals surface area contributed by atoms with E-state index in [1.54, 1.807) is 0 Å². The van der Waals surface area contributed by atoms with Gasteiger partial charge in [-0.05, 0) is 47.1 Å². The van der Waals surface area contributed by atoms with Gasteiger partial charge in [-0.3, -0.25) is 0 Å². The molecule has 0 saturated carbocycles. The fourth-order valence-electron chi connectivity index (χ4n) is 2.55. The third kappa shape index (κ3) is 5.36. The van der Waals surface area contributed by atoms with Crippen LogP contribution in [-0.2, 0) is 4.74 Å². The number of hydrogen-bond acceptors (Lipinski definition) is 3. The van der Waals surface area contributed by atoms with Crippen molar-refractivity contribution >= 4 is 0 Å². The van der Waals surface area contributed by atoms with Crippen LogP contribution in [0.5, 0.6) is 0 Å². The zero-order valence-electron chi connectivity index (χ0n) is 12.2. The Bertz CT molecular complexity index is 200. The number of hydrogen-bond donors (Lipinski definition) is 1. The van der Waals surface area contributed by atoms with Crippen molar-refractivity contribution in [3.63, 3.8) is 0 Å². The molecule has 3 heteroatoms. The first-order valence-electron chi connectivity index (χ1n) is 7.12. The van der Waals surface area contributed by atoms with Crippen molar-refractivity contribution in [3.05, 3.63) is 0 Å². The van der Waals surface area contributed by atoms with E-state index < -0.39 is 0 Å². The zero-order valence-corrected chi connectivity index (χ0v) is 12.2. The Balaban J connectivity index is 2.17. The zero-order chi connectivity index (χ0) is 12.8. The SMILES string of the molecule is CCC(C)N(C)CCNC1CC(C)OC(C)C1. The van der Waals surface area contributed by atoms with Crippen molar-refractivity contribution in [2.75, 3.05) is 20.1 Å². The summed E-state index contributed by atoms with van der Waals surface area (Å²) in [4.78, 5) is 2.43. The Morgan fingerprint density at radius 2 is 1.88 bits per heavy atom. The van der Waals surface area contributed by atoms with Gasteiger partial charge in [0, 0.05) is 25.2 Å². The summed E-state index contributed by atoms with van der Waals surface area (Å²) >= 11 is 0. The van der Waals surface area contributed by atoms with E-state index in [2.05, 4.69) is 45.0 Å². The number of rotatable bonds is 6. The summed E-state index contributed by atoms with van der Waals surface area (Å²) in [7, 11) is 2.21. The standard InChI is InChI=1S/C14H30N2O/c1-6-11(2)16(5)8-7-15-14-9-12(3)17-13(4)10-14/h11-15H,6-10H2,1-5H3. The lowest BCUT2D eigenvalue weighted by Gasteiger charge is -2.33. The molecule has 1 heterocycles. The van der Waals surface area contributed by atoms with E-state index in [4.69, 9.17) is 4.74 Å². The van der Waals surface area contributed by atoms with Gasteiger partial charge >= 0.3 is 0 Å². The van der Waals surface area contributed by atoms with Crippen molar-refractivity contribution in [3.8, 4) is 0 Å². The predicted octanol–water partition coefficient (Wildman–Crippen LogP) is 2.26. The van der Waals surface area contributed by atoms with E-state index in [-0.39, 0.29) is 0 Å². The van der Waals surface area contributed by atoms with Gasteiger partial charge < -0.3 is 15.0 Å². The van der Waals surface area contributed by atoms with Crippen LogP contribution < -0.4 is 5.32 Å². The highest BCUT2D eigenvalue weighted by atomic mass is 16.5. The molecule has 3 unspecified atom stereocenters. The van der Waals surface area contributed by atoms with Gasteiger partial charge in [-0.25, -0.2) is 0 Å². The molecule has 3 atom stereocenters. The van der Waals surface area contributed by atoms with Crippen LogP contribution in [0.15, 0.2) is 0 Å². The second-order valence-corrected chi connectivity index (χ2v) is 5.62. The molecule has 1 aliphatic heterocycles. The molecule has 1 N–H and O–H groups in total. The van der Waals surface area contributed by atoms with E-state index in [9.17, 15) is 0 Å². The minimum Gasteiger partial charge on any atom is -0.375 e. The second kappa shape index (κ2) is 7.34. The maximum absolute atomic E-state index is 5.75. The van der Waals surface area contributed by atoms with Crippen LogP contribution in [0.2, 0.25) is 0 Å². The fraction of sp³-hybridized carbons (Fsp3) is 1.00. The van der Waals surface area contributed by atoms with Crippen LogP contribution >= 0.6 is 0 Å². The maximum atomic E-state index is 5.75. The van der Waals surface area contributed by atoms with Crippen LogP contribution in [0.25, 0.3) is 0 Å². The Morgan fingerprint density at radius 1 is 1.29 bits per heavy atom. The molecule has 0 aromatic rings. The Labute approximate surface area is 107 Å². The van der Waals surface area contributed by atoms with Crippen LogP contribution in [0.3, 0.4) is 0 Å². The first-order chi connectivity index (χ1) is 8.02. The van der Waals surface area contributed by atoms with Crippen LogP contribution in [-0.4, -0.2) is 49.3 Å². The Kier molecular flexibility index (Phi) is 6.45. The molecule has 0 spiro atoms. The van der Waals surface area contributed by atoms with Crippen molar-refractivity contribution in [1.29, 1.82) is 0 Å². The average molecular weight is 242 g/mol. The monoisotopic (exact) mass is 242 g/mol. The molecule has 0 aromatic heterocycles. The first kappa shape index (κ1) is 14.9. The number of nitrogens with zero attached hydrogens (tertiary/aromatic N) is 1. The van der Waals surface area contributed by atoms with Gasteiger partial charge in [0.2, 0.25) is 0 Å². The van der Waals surface area contributed by atoms with E-state index in [1.807, 2.05) is 0 Å². The number of nitrogens with one attached hydrogen (secondary N) is 1. The molecule has 0 bridgehead atoms. The third-order valence-corrected chi connectivity index (χ3v) is 3.94. The van der Waals surface area contributed by atoms with Crippen molar-refractivity contribution in [1.82, 2.24) is 10.2 Å². The maximum Gasteiger partial charge on any atom is 0.0565 e. The summed E-state index contributed by atoms with van der Waals surface area (Å²) in [6, 6.07) is 1.32. The first-order valence-corrected chi connectivity index (χ1v) is 7.12. The minimum absolute atomic E-state index is 0.406. The van der Waals surface area contributed by atoms with Gasteiger partial charge in [-0.15, -0.1) is 0 Å². The van der Waals surface area contributed by atoms with Gasteiger partial charge in [-0.2, -0.15) is 0 Å². The molecule has 0 radical (unpaired) electrons. The van der Waals surface area contributed by atoms with Crippen molar-refractivity contribution in [2.24, 2.45) is 0 Å². The summed E-state index contributed by atoms with van der Waals surface area (Å²) in [5.74, 6) is 0. The Morgan fingerprint density at radius 3 is 2.41 bits per heavy atom. The largest absolute Gasteiger partial charge is 0.375 e. The highest BCUT2D eigenvalue weighted by Crippen LogP contribution is 2.18. The molecule has 1 fully saturated rings. The van der Waals surface area contributed by atoms with Gasteiger partial charge in [0.15, 0.2) is 0 Å². The second-order valence-electron chi connectivity index (χ2n) is 5.62. The highest BCUT2D eigenvalue weighted by Gasteiger charge is 2.23. The molecule has 3 nitrogen and oxygen atoms in total. The summed E-state index contributed by atoms with van der Waals surface area (Å²) in [6.45, 7) is 11.1. The third-order valence-electron chi connectivity index (χ3n) is 3.94. The average Bonchev–Trinajstić information content (AvgIpc) is 2.26. The summed E-state index contributed by atoms with van der Waals surface area (Å²) in [5, 5.41) is 3.67. The topological polar surface area (TPSA) is 24.5 Å². The Hall–Kier alpha value is -0.120. The summed E-state index contributed by atoms with van der Waals surface area (Å²) in [6.07, 6.45) is 4.34. The number of ether oxygens (including phenoxy) is 1. The fourth-order valence-corrected chi connectivity index (χ4v) is 2.55. The smallest absolute Gasteiger partial charge is 0.0565 e. The van der Waals surface area contributed by atoms with E-state index >= 15 is 0 Å². The summed E-state index contributed by atoms with van der Waals surface area (Å²) in [5.41, 5.74) is 0. The van der Waals surface area contributed by atoms with E-state index in [0.717, 1.165) is 25.9 Å². The molecule has 0 aliphatic carbocycles. The quantitative estimate of drug-likeness (QED) is 0.773. The van der Waals surface area contributed by atoms with Gasteiger partial charge in [-0.1, -0.05) is 6.92 Å². The molecular weight excluding hydrogens is 212 g/mol. The van der Waals surface area contributed by atoms with Gasteiger partial charge in [0.1, 0.15) is 0 Å². The van der Waals surface area contributed by atoms with Crippen LogP contribution in [0, 0.1) is 0 Å². The highest BCUT2D eigenvalue weighted by molar-refractivity contribution is 4.79. The van der Waals surface area contributed by atoms with Gasteiger partial charge in [0.25, 0.3) is 0 Å². The normalized spacial score (nSPS) is 31.8. The molecular formula is C14H30N2O. The van der Waals surface area contributed by atoms with Crippen LogP contribution in [0.4, 0.5) is 0 Å². The molecule has 1 rings (SSSR count). The molecule has 0 aromatic carbocycles. The summed E-state index contributed by atoms with van der Waals surface area (Å²) < 4.78 is 5.75.